The lowest BCUT2D eigenvalue weighted by Crippen LogP contribution is -1.86. The third-order valence-electron chi connectivity index (χ3n) is 3.09. The van der Waals surface area contributed by atoms with E-state index in [9.17, 15) is 14.5 Å². The van der Waals surface area contributed by atoms with E-state index in [1.54, 1.807) is 18.2 Å². The van der Waals surface area contributed by atoms with Gasteiger partial charge in [0.2, 0.25) is 0 Å². The maximum absolute atomic E-state index is 13.6. The van der Waals surface area contributed by atoms with Crippen LogP contribution in [0.4, 0.5) is 10.1 Å². The molecule has 1 heterocycles. The number of aromatic nitrogens is 2. The average molecular weight is 318 g/mol. The van der Waals surface area contributed by atoms with Crippen molar-refractivity contribution in [3.8, 4) is 0 Å². The van der Waals surface area contributed by atoms with E-state index in [4.69, 9.17) is 11.6 Å². The molecule has 0 atom stereocenters. The molecule has 7 heteroatoms. The zero-order valence-corrected chi connectivity index (χ0v) is 11.8. The van der Waals surface area contributed by atoms with Crippen molar-refractivity contribution in [2.45, 2.75) is 0 Å². The van der Waals surface area contributed by atoms with E-state index in [0.717, 1.165) is 0 Å². The molecule has 0 unspecified atom stereocenters. The minimum Gasteiger partial charge on any atom is -0.337 e. The molecule has 3 aromatic rings. The summed E-state index contributed by atoms with van der Waals surface area (Å²) in [6, 6.07) is 10.5. The number of nitro benzene ring substituents is 1. The summed E-state index contributed by atoms with van der Waals surface area (Å²) < 4.78 is 13.6. The molecule has 2 aromatic carbocycles. The molecule has 0 radical (unpaired) electrons. The van der Waals surface area contributed by atoms with E-state index in [1.165, 1.54) is 30.3 Å². The van der Waals surface area contributed by atoms with Gasteiger partial charge in [-0.3, -0.25) is 10.1 Å². The van der Waals surface area contributed by atoms with Crippen LogP contribution in [-0.2, 0) is 0 Å². The topological polar surface area (TPSA) is 71.8 Å². The van der Waals surface area contributed by atoms with Crippen molar-refractivity contribution in [2.75, 3.05) is 0 Å². The number of H-pyrrole nitrogens is 1. The van der Waals surface area contributed by atoms with Crippen LogP contribution in [0.5, 0.6) is 0 Å². The molecular weight excluding hydrogens is 309 g/mol. The van der Waals surface area contributed by atoms with Crippen molar-refractivity contribution in [1.82, 2.24) is 9.97 Å². The molecule has 1 aromatic heterocycles. The third-order valence-corrected chi connectivity index (χ3v) is 3.38. The Hall–Kier alpha value is -2.73. The Labute approximate surface area is 129 Å². The number of hydrogen-bond donors (Lipinski definition) is 1. The Morgan fingerprint density at radius 2 is 2.09 bits per heavy atom. The van der Waals surface area contributed by atoms with Gasteiger partial charge in [-0.25, -0.2) is 9.37 Å². The number of nitro groups is 1. The molecule has 5 nitrogen and oxygen atoms in total. The summed E-state index contributed by atoms with van der Waals surface area (Å²) in [6.45, 7) is 0. The normalized spacial score (nSPS) is 11.8. The number of imidazole rings is 1. The Morgan fingerprint density at radius 3 is 2.82 bits per heavy atom. The number of nitrogens with one attached hydrogen (secondary N) is 1. The molecule has 0 aliphatic rings. The number of benzene rings is 2. The lowest BCUT2D eigenvalue weighted by Gasteiger charge is -1.97. The minimum atomic E-state index is -0.489. The fourth-order valence-electron chi connectivity index (χ4n) is 2.02. The first kappa shape index (κ1) is 14.2. The highest BCUT2D eigenvalue weighted by atomic mass is 35.5. The first-order chi connectivity index (χ1) is 10.5. The van der Waals surface area contributed by atoms with Gasteiger partial charge in [-0.15, -0.1) is 0 Å². The van der Waals surface area contributed by atoms with Crippen molar-refractivity contribution in [3.63, 3.8) is 0 Å². The van der Waals surface area contributed by atoms with Crippen LogP contribution in [0.3, 0.4) is 0 Å². The number of rotatable bonds is 3. The van der Waals surface area contributed by atoms with Crippen molar-refractivity contribution >= 4 is 39.4 Å². The molecule has 3 rings (SSSR count). The van der Waals surface area contributed by atoms with Crippen LogP contribution in [0.15, 0.2) is 42.5 Å². The molecule has 0 bridgehead atoms. The van der Waals surface area contributed by atoms with Crippen LogP contribution < -0.4 is 0 Å². The second kappa shape index (κ2) is 5.57. The summed E-state index contributed by atoms with van der Waals surface area (Å²) in [5.74, 6) is -0.0761. The summed E-state index contributed by atoms with van der Waals surface area (Å²) >= 11 is 6.15. The van der Waals surface area contributed by atoms with Gasteiger partial charge in [-0.1, -0.05) is 29.8 Å². The lowest BCUT2D eigenvalue weighted by atomic mass is 10.2. The lowest BCUT2D eigenvalue weighted by molar-refractivity contribution is -0.384. The molecule has 0 spiro atoms. The molecule has 22 heavy (non-hydrogen) atoms. The second-order valence-electron chi connectivity index (χ2n) is 4.56. The molecular formula is C15H9ClFN3O2. The van der Waals surface area contributed by atoms with Gasteiger partial charge in [0, 0.05) is 17.7 Å². The monoisotopic (exact) mass is 317 g/mol. The number of halogens is 2. The van der Waals surface area contributed by atoms with Gasteiger partial charge < -0.3 is 4.98 Å². The summed E-state index contributed by atoms with van der Waals surface area (Å²) in [4.78, 5) is 17.4. The van der Waals surface area contributed by atoms with E-state index in [-0.39, 0.29) is 10.7 Å². The van der Waals surface area contributed by atoms with Crippen LogP contribution >= 0.6 is 11.6 Å². The van der Waals surface area contributed by atoms with E-state index in [2.05, 4.69) is 9.97 Å². The van der Waals surface area contributed by atoms with Gasteiger partial charge in [0.25, 0.3) is 5.69 Å². The Morgan fingerprint density at radius 1 is 1.32 bits per heavy atom. The molecule has 110 valence electrons. The fraction of sp³-hybridized carbons (Fsp3) is 0. The Bertz CT molecular complexity index is 905. The maximum atomic E-state index is 13.6. The van der Waals surface area contributed by atoms with Gasteiger partial charge in [0.15, 0.2) is 0 Å². The first-order valence-electron chi connectivity index (χ1n) is 6.31. The Kier molecular flexibility index (Phi) is 3.60. The molecule has 0 aliphatic heterocycles. The fourth-order valence-corrected chi connectivity index (χ4v) is 2.23. The van der Waals surface area contributed by atoms with Crippen molar-refractivity contribution in [2.24, 2.45) is 0 Å². The number of hydrogen-bond acceptors (Lipinski definition) is 3. The minimum absolute atomic E-state index is 0.0445. The second-order valence-corrected chi connectivity index (χ2v) is 4.96. The van der Waals surface area contributed by atoms with Crippen LogP contribution in [0.1, 0.15) is 11.4 Å². The van der Waals surface area contributed by atoms with Gasteiger partial charge in [0.1, 0.15) is 11.6 Å². The van der Waals surface area contributed by atoms with Crippen LogP contribution in [0.25, 0.3) is 22.1 Å². The van der Waals surface area contributed by atoms with Crippen LogP contribution in [0, 0.1) is 15.9 Å². The quantitative estimate of drug-likeness (QED) is 0.576. The number of fused-ring (bicyclic) bond motifs is 1. The maximum Gasteiger partial charge on any atom is 0.271 e. The van der Waals surface area contributed by atoms with E-state index in [1.807, 2.05) is 0 Å². The SMILES string of the molecule is O=[N+]([O-])c1ccc2nc(/C(Cl)=C/c3ccccc3F)[nH]c2c1. The predicted molar refractivity (Wildman–Crippen MR) is 82.9 cm³/mol. The van der Waals surface area contributed by atoms with Gasteiger partial charge >= 0.3 is 0 Å². The van der Waals surface area contributed by atoms with Crippen LogP contribution in [0.2, 0.25) is 0 Å². The highest BCUT2D eigenvalue weighted by Crippen LogP contribution is 2.25. The molecule has 0 saturated heterocycles. The van der Waals surface area contributed by atoms with Gasteiger partial charge in [0.05, 0.1) is 21.0 Å². The largest absolute Gasteiger partial charge is 0.337 e. The molecule has 0 amide bonds. The Balaban J connectivity index is 2.03. The van der Waals surface area contributed by atoms with Crippen molar-refractivity contribution in [1.29, 1.82) is 0 Å². The van der Waals surface area contributed by atoms with Crippen LogP contribution in [-0.4, -0.2) is 14.9 Å². The smallest absolute Gasteiger partial charge is 0.271 e. The average Bonchev–Trinajstić information content (AvgIpc) is 2.92. The zero-order valence-electron chi connectivity index (χ0n) is 11.1. The number of nitrogens with zero attached hydrogens (tertiary/aromatic N) is 2. The van der Waals surface area contributed by atoms with Gasteiger partial charge in [-0.05, 0) is 18.2 Å². The number of aromatic amines is 1. The summed E-state index contributed by atoms with van der Waals surface area (Å²) in [6.07, 6.45) is 1.45. The zero-order chi connectivity index (χ0) is 15.7. The molecule has 0 aliphatic carbocycles. The van der Waals surface area contributed by atoms with Gasteiger partial charge in [-0.2, -0.15) is 0 Å². The molecule has 0 saturated carbocycles. The summed E-state index contributed by atoms with van der Waals surface area (Å²) in [5, 5.41) is 11.0. The van der Waals surface area contributed by atoms with Crippen molar-refractivity contribution in [3.05, 3.63) is 69.8 Å². The van der Waals surface area contributed by atoms with Crippen molar-refractivity contribution < 1.29 is 9.31 Å². The first-order valence-corrected chi connectivity index (χ1v) is 6.68. The van der Waals surface area contributed by atoms with E-state index in [0.29, 0.717) is 22.4 Å². The molecule has 1 N–H and O–H groups in total. The van der Waals surface area contributed by atoms with E-state index < -0.39 is 10.7 Å². The predicted octanol–water partition coefficient (Wildman–Crippen LogP) is 4.35. The summed E-state index contributed by atoms with van der Waals surface area (Å²) in [7, 11) is 0. The third kappa shape index (κ3) is 2.68. The highest BCUT2D eigenvalue weighted by molar-refractivity contribution is 6.50. The summed E-state index contributed by atoms with van der Waals surface area (Å²) in [5.41, 5.74) is 1.32. The standard InChI is InChI=1S/C15H9ClFN3O2/c16-11(7-9-3-1-2-4-12(9)17)15-18-13-6-5-10(20(21)22)8-14(13)19-15/h1-8H,(H,18,19)/b11-7-. The number of non-ortho nitro benzene ring substituents is 1. The highest BCUT2D eigenvalue weighted by Gasteiger charge is 2.11. The van der Waals surface area contributed by atoms with E-state index >= 15 is 0 Å². The molecule has 0 fully saturated rings.